The van der Waals surface area contributed by atoms with Crippen molar-refractivity contribution < 1.29 is 37.1 Å². The van der Waals surface area contributed by atoms with Crippen molar-refractivity contribution in [1.82, 2.24) is 16.0 Å². The van der Waals surface area contributed by atoms with E-state index in [9.17, 15) is 32.4 Å². The van der Waals surface area contributed by atoms with E-state index in [0.717, 1.165) is 11.0 Å². The summed E-state index contributed by atoms with van der Waals surface area (Å²) < 4.78 is 28.4. The van der Waals surface area contributed by atoms with Gasteiger partial charge in [-0.3, -0.25) is 19.2 Å². The number of nitrogens with one attached hydrogen (secondary N) is 4. The highest BCUT2D eigenvalue weighted by Crippen LogP contribution is 2.18. The van der Waals surface area contributed by atoms with E-state index < -0.39 is 45.2 Å². The van der Waals surface area contributed by atoms with Gasteiger partial charge in [-0.05, 0) is 70.1 Å². The predicted octanol–water partition coefficient (Wildman–Crippen LogP) is 2.91. The number of carbonyl (C=O) groups is 5. The van der Waals surface area contributed by atoms with Gasteiger partial charge in [0.2, 0.25) is 17.7 Å². The number of urea groups is 1. The Hall–Kier alpha value is -3.94. The number of rotatable bonds is 19. The molecule has 252 valence electrons. The van der Waals surface area contributed by atoms with Gasteiger partial charge < -0.3 is 31.7 Å². The summed E-state index contributed by atoms with van der Waals surface area (Å²) in [7, 11) is -3.29. The number of anilines is 1. The van der Waals surface area contributed by atoms with Gasteiger partial charge in [0.05, 0.1) is 11.2 Å². The molecule has 6 N–H and O–H groups in total. The molecule has 14 heteroatoms. The Bertz CT molecular complexity index is 1270. The predicted molar refractivity (Wildman–Crippen MR) is 172 cm³/mol. The molecular formula is C31H49N5O8S. The van der Waals surface area contributed by atoms with Crippen LogP contribution in [-0.4, -0.2) is 62.5 Å². The average Bonchev–Trinajstić information content (AvgIpc) is 2.95. The molecule has 1 aromatic carbocycles. The third-order valence-corrected chi connectivity index (χ3v) is 8.02. The lowest BCUT2D eigenvalue weighted by Crippen LogP contribution is -2.54. The zero-order valence-electron chi connectivity index (χ0n) is 26.9. The summed E-state index contributed by atoms with van der Waals surface area (Å²) in [6.07, 6.45) is 1.97. The Kier molecular flexibility index (Phi) is 16.3. The zero-order chi connectivity index (χ0) is 34.2. The van der Waals surface area contributed by atoms with Crippen molar-refractivity contribution >= 4 is 45.2 Å². The van der Waals surface area contributed by atoms with Gasteiger partial charge in [0, 0.05) is 24.1 Å². The van der Waals surface area contributed by atoms with Crippen molar-refractivity contribution in [2.75, 3.05) is 17.6 Å². The Morgan fingerprint density at radius 2 is 1.60 bits per heavy atom. The third-order valence-electron chi connectivity index (χ3n) is 6.66. The van der Waals surface area contributed by atoms with E-state index in [0.29, 0.717) is 31.4 Å². The van der Waals surface area contributed by atoms with Gasteiger partial charge >= 0.3 is 12.0 Å². The Balaban J connectivity index is 2.85. The second-order valence-electron chi connectivity index (χ2n) is 12.1. The fraction of sp³-hybridized carbons (Fsp3) is 0.581. The topological polar surface area (TPSA) is 203 Å². The summed E-state index contributed by atoms with van der Waals surface area (Å²) in [6.45, 7) is 12.3. The van der Waals surface area contributed by atoms with Gasteiger partial charge in [0.15, 0.2) is 9.84 Å². The van der Waals surface area contributed by atoms with Crippen LogP contribution in [0.4, 0.5) is 10.5 Å². The average molecular weight is 652 g/mol. The Labute approximate surface area is 266 Å². The number of carbonyl (C=O) groups excluding carboxylic acids is 5. The highest BCUT2D eigenvalue weighted by Gasteiger charge is 2.29. The summed E-state index contributed by atoms with van der Waals surface area (Å²) in [4.78, 5) is 62.2. The molecule has 0 aliphatic heterocycles. The number of ether oxygens (including phenoxy) is 1. The van der Waals surface area contributed by atoms with Crippen LogP contribution >= 0.6 is 0 Å². The van der Waals surface area contributed by atoms with E-state index in [1.54, 1.807) is 58.9 Å². The standard InChI is InChI=1S/C31H49N5O8S/c1-7-45(42,43)19-10-8-9-13-25(37)36-26(21(2)3)28(39)35-24(12-11-18-33-30(32)41)27(38)34-23-16-14-22(15-17-23)20-44-29(40)31(4,5)6/h7,14-17,21,24,26H,1,8-13,18-20H2,2-6H3,(H,34,38)(H,35,39)(H,36,37)(H3,32,33,41)/t24-,26?/m1/s1. The van der Waals surface area contributed by atoms with E-state index in [1.807, 2.05) is 0 Å². The normalized spacial score (nSPS) is 12.8. The number of amides is 5. The van der Waals surface area contributed by atoms with Crippen LogP contribution in [0.5, 0.6) is 0 Å². The fourth-order valence-electron chi connectivity index (χ4n) is 3.96. The van der Waals surface area contributed by atoms with Crippen molar-refractivity contribution in [3.63, 3.8) is 0 Å². The minimum Gasteiger partial charge on any atom is -0.460 e. The quantitative estimate of drug-likeness (QED) is 0.111. The van der Waals surface area contributed by atoms with Gasteiger partial charge in [-0.25, -0.2) is 13.2 Å². The molecule has 0 spiro atoms. The molecule has 13 nitrogen and oxygen atoms in total. The van der Waals surface area contributed by atoms with Crippen LogP contribution in [0.15, 0.2) is 36.3 Å². The Morgan fingerprint density at radius 3 is 2.16 bits per heavy atom. The second-order valence-corrected chi connectivity index (χ2v) is 14.2. The van der Waals surface area contributed by atoms with Crippen molar-refractivity contribution in [3.05, 3.63) is 41.8 Å². The molecule has 1 unspecified atom stereocenters. The van der Waals surface area contributed by atoms with Crippen molar-refractivity contribution in [1.29, 1.82) is 0 Å². The number of nitrogens with two attached hydrogens (primary N) is 1. The number of primary amides is 1. The highest BCUT2D eigenvalue weighted by atomic mass is 32.2. The number of benzene rings is 1. The molecule has 0 aliphatic carbocycles. The SMILES string of the molecule is C=CS(=O)(=O)CCCCCC(=O)NC(C(=O)N[C@H](CCCNC(N)=O)C(=O)Nc1ccc(COC(=O)C(C)(C)C)cc1)C(C)C. The molecule has 0 radical (unpaired) electrons. The second kappa shape index (κ2) is 18.8. The maximum absolute atomic E-state index is 13.3. The van der Waals surface area contributed by atoms with E-state index in [1.165, 1.54) is 0 Å². The molecule has 0 heterocycles. The lowest BCUT2D eigenvalue weighted by molar-refractivity contribution is -0.154. The first-order valence-electron chi connectivity index (χ1n) is 15.0. The fourth-order valence-corrected chi connectivity index (χ4v) is 4.73. The molecule has 0 saturated carbocycles. The maximum Gasteiger partial charge on any atom is 0.312 e. The molecule has 1 rings (SSSR count). The van der Waals surface area contributed by atoms with E-state index in [2.05, 4.69) is 27.8 Å². The molecule has 1 aromatic rings. The van der Waals surface area contributed by atoms with E-state index >= 15 is 0 Å². The molecule has 0 saturated heterocycles. The van der Waals surface area contributed by atoms with Gasteiger partial charge in [0.1, 0.15) is 18.7 Å². The minimum absolute atomic E-state index is 0.0371. The monoisotopic (exact) mass is 651 g/mol. The third kappa shape index (κ3) is 16.1. The maximum atomic E-state index is 13.3. The highest BCUT2D eigenvalue weighted by molar-refractivity contribution is 7.94. The minimum atomic E-state index is -3.29. The first kappa shape index (κ1) is 39.1. The lowest BCUT2D eigenvalue weighted by atomic mass is 9.97. The van der Waals surface area contributed by atoms with Gasteiger partial charge in [-0.1, -0.05) is 39.0 Å². The van der Waals surface area contributed by atoms with Gasteiger partial charge in [-0.2, -0.15) is 0 Å². The van der Waals surface area contributed by atoms with Crippen LogP contribution < -0.4 is 27.0 Å². The molecular weight excluding hydrogens is 602 g/mol. The molecule has 45 heavy (non-hydrogen) atoms. The summed E-state index contributed by atoms with van der Waals surface area (Å²) in [6, 6.07) is 4.08. The first-order valence-corrected chi connectivity index (χ1v) is 16.7. The van der Waals surface area contributed by atoms with Crippen LogP contribution in [-0.2, 0) is 40.4 Å². The molecule has 2 atom stereocenters. The van der Waals surface area contributed by atoms with Crippen LogP contribution in [0.3, 0.4) is 0 Å². The summed E-state index contributed by atoms with van der Waals surface area (Å²) >= 11 is 0. The van der Waals surface area contributed by atoms with Crippen LogP contribution in [0.1, 0.15) is 78.7 Å². The zero-order valence-corrected chi connectivity index (χ0v) is 27.8. The molecule has 0 aliphatic rings. The van der Waals surface area contributed by atoms with Crippen molar-refractivity contribution in [2.45, 2.75) is 91.8 Å². The number of esters is 1. The van der Waals surface area contributed by atoms with E-state index in [4.69, 9.17) is 10.5 Å². The summed E-state index contributed by atoms with van der Waals surface area (Å²) in [5.41, 5.74) is 5.67. The molecule has 0 aromatic heterocycles. The number of sulfone groups is 1. The van der Waals surface area contributed by atoms with Crippen molar-refractivity contribution in [3.8, 4) is 0 Å². The summed E-state index contributed by atoms with van der Waals surface area (Å²) in [5.74, 6) is -2.09. The molecule has 5 amide bonds. The van der Waals surface area contributed by atoms with E-state index in [-0.39, 0.29) is 49.5 Å². The number of unbranched alkanes of at least 4 members (excludes halogenated alkanes) is 2. The molecule has 0 fully saturated rings. The lowest BCUT2D eigenvalue weighted by Gasteiger charge is -2.25. The smallest absolute Gasteiger partial charge is 0.312 e. The first-order chi connectivity index (χ1) is 20.9. The number of hydrogen-bond acceptors (Lipinski definition) is 8. The van der Waals surface area contributed by atoms with Crippen LogP contribution in [0.25, 0.3) is 0 Å². The van der Waals surface area contributed by atoms with Crippen LogP contribution in [0.2, 0.25) is 0 Å². The van der Waals surface area contributed by atoms with Gasteiger partial charge in [0.25, 0.3) is 0 Å². The molecule has 0 bridgehead atoms. The Morgan fingerprint density at radius 1 is 0.956 bits per heavy atom. The number of hydrogen-bond donors (Lipinski definition) is 5. The summed E-state index contributed by atoms with van der Waals surface area (Å²) in [5, 5.41) is 11.6. The van der Waals surface area contributed by atoms with Crippen LogP contribution in [0, 0.1) is 11.3 Å². The largest absolute Gasteiger partial charge is 0.460 e. The van der Waals surface area contributed by atoms with Gasteiger partial charge in [-0.15, -0.1) is 0 Å². The van der Waals surface area contributed by atoms with Crippen molar-refractivity contribution in [2.24, 2.45) is 17.1 Å².